The lowest BCUT2D eigenvalue weighted by molar-refractivity contribution is -0.117. The molecule has 29 heavy (non-hydrogen) atoms. The van der Waals surface area contributed by atoms with Gasteiger partial charge in [0.25, 0.3) is 0 Å². The molecule has 0 atom stereocenters. The number of aromatic amines is 2. The number of nitrogens with one attached hydrogen (secondary N) is 3. The number of amides is 1. The molecule has 8 heteroatoms. The first-order valence-corrected chi connectivity index (χ1v) is 9.12. The fourth-order valence-electron chi connectivity index (χ4n) is 2.98. The fraction of sp³-hybridized carbons (Fsp3) is 0.143. The Kier molecular flexibility index (Phi) is 5.15. The Bertz CT molecular complexity index is 1160. The van der Waals surface area contributed by atoms with E-state index >= 15 is 0 Å². The highest BCUT2D eigenvalue weighted by Crippen LogP contribution is 2.23. The first-order valence-electron chi connectivity index (χ1n) is 9.12. The molecule has 0 aliphatic carbocycles. The quantitative estimate of drug-likeness (QED) is 0.440. The number of aromatic nitrogens is 5. The third-order valence-electron chi connectivity index (χ3n) is 4.66. The van der Waals surface area contributed by atoms with Crippen molar-refractivity contribution in [3.63, 3.8) is 0 Å². The summed E-state index contributed by atoms with van der Waals surface area (Å²) in [6.07, 6.45) is 3.85. The number of fused-ring (bicyclic) bond motifs is 1. The molecule has 0 unspecified atom stereocenters. The minimum Gasteiger partial charge on any atom is -0.348 e. The molecule has 2 aromatic carbocycles. The third kappa shape index (κ3) is 4.21. The van der Waals surface area contributed by atoms with Gasteiger partial charge in [0.1, 0.15) is 12.1 Å². The van der Waals surface area contributed by atoms with Crippen molar-refractivity contribution in [2.75, 3.05) is 0 Å². The van der Waals surface area contributed by atoms with Gasteiger partial charge in [0.2, 0.25) is 5.91 Å². The van der Waals surface area contributed by atoms with Crippen LogP contribution in [0.4, 0.5) is 4.39 Å². The van der Waals surface area contributed by atoms with Gasteiger partial charge in [-0.1, -0.05) is 18.2 Å². The molecule has 0 bridgehead atoms. The van der Waals surface area contributed by atoms with Crippen LogP contribution in [0.25, 0.3) is 22.3 Å². The Morgan fingerprint density at radius 1 is 1.17 bits per heavy atom. The molecule has 4 rings (SSSR count). The summed E-state index contributed by atoms with van der Waals surface area (Å²) in [5.41, 5.74) is 4.10. The SMILES string of the molecule is C/C(=C\Cc1[nH]nc2ccc(-c3ncn[nH]3)cc12)C(=O)NCc1ccc(F)cc1. The number of nitrogens with zero attached hydrogens (tertiary/aromatic N) is 3. The van der Waals surface area contributed by atoms with Crippen LogP contribution in [0.2, 0.25) is 0 Å². The van der Waals surface area contributed by atoms with Crippen molar-refractivity contribution in [3.8, 4) is 11.4 Å². The summed E-state index contributed by atoms with van der Waals surface area (Å²) in [5.74, 6) is 0.223. The van der Waals surface area contributed by atoms with E-state index in [1.807, 2.05) is 24.3 Å². The number of carbonyl (C=O) groups is 1. The van der Waals surface area contributed by atoms with Gasteiger partial charge < -0.3 is 5.32 Å². The van der Waals surface area contributed by atoms with Crippen molar-refractivity contribution in [2.24, 2.45) is 0 Å². The number of H-pyrrole nitrogens is 2. The summed E-state index contributed by atoms with van der Waals surface area (Å²) in [6, 6.07) is 11.9. The highest BCUT2D eigenvalue weighted by atomic mass is 19.1. The molecule has 0 fully saturated rings. The monoisotopic (exact) mass is 390 g/mol. The molecular weight excluding hydrogens is 371 g/mol. The first-order chi connectivity index (χ1) is 14.1. The van der Waals surface area contributed by atoms with Crippen LogP contribution in [0.15, 0.2) is 60.4 Å². The summed E-state index contributed by atoms with van der Waals surface area (Å²) in [7, 11) is 0. The third-order valence-corrected chi connectivity index (χ3v) is 4.66. The van der Waals surface area contributed by atoms with Crippen molar-refractivity contribution in [1.82, 2.24) is 30.7 Å². The van der Waals surface area contributed by atoms with Crippen LogP contribution >= 0.6 is 0 Å². The van der Waals surface area contributed by atoms with Gasteiger partial charge in [0.05, 0.1) is 5.52 Å². The summed E-state index contributed by atoms with van der Waals surface area (Å²) in [6.45, 7) is 2.11. The second-order valence-electron chi connectivity index (χ2n) is 6.67. The van der Waals surface area contributed by atoms with Crippen LogP contribution in [0, 0.1) is 5.82 Å². The van der Waals surface area contributed by atoms with Gasteiger partial charge in [0, 0.05) is 35.2 Å². The molecule has 2 aromatic heterocycles. The number of benzene rings is 2. The Labute approximate surface area is 166 Å². The van der Waals surface area contributed by atoms with Gasteiger partial charge in [-0.2, -0.15) is 10.2 Å². The summed E-state index contributed by atoms with van der Waals surface area (Å²) in [5, 5.41) is 17.9. The van der Waals surface area contributed by atoms with Gasteiger partial charge >= 0.3 is 0 Å². The number of hydrogen-bond donors (Lipinski definition) is 3. The largest absolute Gasteiger partial charge is 0.348 e. The zero-order valence-corrected chi connectivity index (χ0v) is 15.7. The van der Waals surface area contributed by atoms with Crippen LogP contribution in [0.5, 0.6) is 0 Å². The van der Waals surface area contributed by atoms with E-state index in [1.165, 1.54) is 18.5 Å². The number of rotatable bonds is 6. The summed E-state index contributed by atoms with van der Waals surface area (Å²) < 4.78 is 13.0. The molecule has 0 aliphatic heterocycles. The lowest BCUT2D eigenvalue weighted by Gasteiger charge is -2.06. The fourth-order valence-corrected chi connectivity index (χ4v) is 2.98. The molecule has 0 aliphatic rings. The molecular formula is C21H19FN6O. The Morgan fingerprint density at radius 2 is 2.00 bits per heavy atom. The second-order valence-corrected chi connectivity index (χ2v) is 6.67. The van der Waals surface area contributed by atoms with E-state index < -0.39 is 0 Å². The van der Waals surface area contributed by atoms with Crippen molar-refractivity contribution in [3.05, 3.63) is 77.5 Å². The molecule has 3 N–H and O–H groups in total. The van der Waals surface area contributed by atoms with Crippen LogP contribution in [-0.4, -0.2) is 31.3 Å². The van der Waals surface area contributed by atoms with Gasteiger partial charge in [0.15, 0.2) is 5.82 Å². The zero-order chi connectivity index (χ0) is 20.2. The van der Waals surface area contributed by atoms with E-state index in [9.17, 15) is 9.18 Å². The van der Waals surface area contributed by atoms with E-state index in [2.05, 4.69) is 30.7 Å². The van der Waals surface area contributed by atoms with E-state index in [0.717, 1.165) is 27.7 Å². The van der Waals surface area contributed by atoms with E-state index in [-0.39, 0.29) is 11.7 Å². The molecule has 1 amide bonds. The van der Waals surface area contributed by atoms with Gasteiger partial charge in [-0.05, 0) is 42.8 Å². The maximum absolute atomic E-state index is 13.0. The Morgan fingerprint density at radius 3 is 2.76 bits per heavy atom. The zero-order valence-electron chi connectivity index (χ0n) is 15.7. The van der Waals surface area contributed by atoms with Gasteiger partial charge in [-0.15, -0.1) is 0 Å². The number of halogens is 1. The van der Waals surface area contributed by atoms with Crippen molar-refractivity contribution < 1.29 is 9.18 Å². The van der Waals surface area contributed by atoms with E-state index in [1.54, 1.807) is 19.1 Å². The molecule has 0 radical (unpaired) electrons. The molecule has 7 nitrogen and oxygen atoms in total. The minimum atomic E-state index is -0.297. The van der Waals surface area contributed by atoms with Crippen molar-refractivity contribution in [1.29, 1.82) is 0 Å². The molecule has 4 aromatic rings. The average molecular weight is 390 g/mol. The molecule has 0 saturated heterocycles. The van der Waals surface area contributed by atoms with Crippen LogP contribution in [0.1, 0.15) is 18.2 Å². The van der Waals surface area contributed by atoms with Gasteiger partial charge in [-0.3, -0.25) is 15.0 Å². The number of hydrogen-bond acceptors (Lipinski definition) is 4. The van der Waals surface area contributed by atoms with Crippen LogP contribution < -0.4 is 5.32 Å². The first kappa shape index (κ1) is 18.5. The molecule has 0 saturated carbocycles. The van der Waals surface area contributed by atoms with Crippen LogP contribution in [-0.2, 0) is 17.8 Å². The maximum atomic E-state index is 13.0. The summed E-state index contributed by atoms with van der Waals surface area (Å²) >= 11 is 0. The van der Waals surface area contributed by atoms with Crippen molar-refractivity contribution in [2.45, 2.75) is 19.9 Å². The van der Waals surface area contributed by atoms with Crippen LogP contribution in [0.3, 0.4) is 0 Å². The predicted octanol–water partition coefficient (Wildman–Crippen LogP) is 3.29. The number of allylic oxidation sites excluding steroid dienone is 1. The molecule has 146 valence electrons. The smallest absolute Gasteiger partial charge is 0.246 e. The highest BCUT2D eigenvalue weighted by Gasteiger charge is 2.09. The average Bonchev–Trinajstić information content (AvgIpc) is 3.41. The second kappa shape index (κ2) is 8.05. The van der Waals surface area contributed by atoms with E-state index in [4.69, 9.17) is 0 Å². The van der Waals surface area contributed by atoms with Crippen molar-refractivity contribution >= 4 is 16.8 Å². The predicted molar refractivity (Wildman–Crippen MR) is 107 cm³/mol. The highest BCUT2D eigenvalue weighted by molar-refractivity contribution is 5.93. The number of carbonyl (C=O) groups excluding carboxylic acids is 1. The minimum absolute atomic E-state index is 0.166. The lowest BCUT2D eigenvalue weighted by atomic mass is 10.1. The molecule has 2 heterocycles. The topological polar surface area (TPSA) is 99.3 Å². The van der Waals surface area contributed by atoms with E-state index in [0.29, 0.717) is 24.4 Å². The normalized spacial score (nSPS) is 11.7. The maximum Gasteiger partial charge on any atom is 0.246 e. The standard InChI is InChI=1S/C21H19FN6O/c1-13(21(29)23-11-14-3-6-16(22)7-4-14)2-8-18-17-10-15(20-24-12-25-28-20)5-9-19(17)27-26-18/h2-7,9-10,12H,8,11H2,1H3,(H,23,29)(H,26,27)(H,24,25,28)/b13-2+. The summed E-state index contributed by atoms with van der Waals surface area (Å²) in [4.78, 5) is 16.5. The van der Waals surface area contributed by atoms with Gasteiger partial charge in [-0.25, -0.2) is 9.37 Å². The Hall–Kier alpha value is -3.81. The molecule has 0 spiro atoms. The Balaban J connectivity index is 1.44. The lowest BCUT2D eigenvalue weighted by Crippen LogP contribution is -2.23.